The normalized spacial score (nSPS) is 11.4. The Kier molecular flexibility index (Phi) is 6.59. The van der Waals surface area contributed by atoms with Gasteiger partial charge in [-0.25, -0.2) is 14.2 Å². The first kappa shape index (κ1) is 22.7. The summed E-state index contributed by atoms with van der Waals surface area (Å²) in [7, 11) is 1.74. The fourth-order valence-corrected chi connectivity index (χ4v) is 4.54. The van der Waals surface area contributed by atoms with Gasteiger partial charge in [-0.2, -0.15) is 0 Å². The highest BCUT2D eigenvalue weighted by Gasteiger charge is 2.19. The number of hydrogen-bond acceptors (Lipinski definition) is 6. The Morgan fingerprint density at radius 3 is 2.73 bits per heavy atom. The van der Waals surface area contributed by atoms with E-state index in [1.165, 1.54) is 22.4 Å². The lowest BCUT2D eigenvalue weighted by Crippen LogP contribution is -2.31. The summed E-state index contributed by atoms with van der Waals surface area (Å²) in [5.74, 6) is 1.01. The van der Waals surface area contributed by atoms with Crippen LogP contribution in [0, 0.1) is 5.82 Å². The van der Waals surface area contributed by atoms with Crippen LogP contribution in [0.1, 0.15) is 25.6 Å². The van der Waals surface area contributed by atoms with Crippen molar-refractivity contribution >= 4 is 22.9 Å². The average molecular weight is 470 g/mol. The van der Waals surface area contributed by atoms with Crippen molar-refractivity contribution in [2.75, 3.05) is 0 Å². The van der Waals surface area contributed by atoms with Crippen LogP contribution in [0.25, 0.3) is 22.6 Å². The van der Waals surface area contributed by atoms with E-state index < -0.39 is 11.2 Å². The van der Waals surface area contributed by atoms with E-state index in [0.29, 0.717) is 52.4 Å². The molecule has 3 heterocycles. The molecule has 9 nitrogen and oxygen atoms in total. The van der Waals surface area contributed by atoms with Gasteiger partial charge in [-0.15, -0.1) is 16.8 Å². The zero-order valence-corrected chi connectivity index (χ0v) is 19.2. The third-order valence-corrected chi connectivity index (χ3v) is 6.28. The van der Waals surface area contributed by atoms with E-state index in [2.05, 4.69) is 26.7 Å². The molecule has 33 heavy (non-hydrogen) atoms. The van der Waals surface area contributed by atoms with Gasteiger partial charge in [0.1, 0.15) is 11.6 Å². The molecule has 11 heteroatoms. The lowest BCUT2D eigenvalue weighted by atomic mass is 10.2. The molecular weight excluding hydrogens is 445 g/mol. The van der Waals surface area contributed by atoms with E-state index in [4.69, 9.17) is 0 Å². The molecule has 0 radical (unpaired) electrons. The minimum Gasteiger partial charge on any atom is -0.325 e. The second kappa shape index (κ2) is 9.57. The number of benzene rings is 1. The number of aryl methyl sites for hydroxylation is 2. The van der Waals surface area contributed by atoms with Crippen molar-refractivity contribution in [2.45, 2.75) is 43.8 Å². The highest BCUT2D eigenvalue weighted by molar-refractivity contribution is 7.98. The van der Waals surface area contributed by atoms with E-state index in [0.717, 1.165) is 12.8 Å². The van der Waals surface area contributed by atoms with Gasteiger partial charge < -0.3 is 4.57 Å². The number of thioether (sulfide) groups is 1. The Morgan fingerprint density at radius 2 is 2.00 bits per heavy atom. The summed E-state index contributed by atoms with van der Waals surface area (Å²) in [6.45, 7) is 6.69. The maximum absolute atomic E-state index is 14.3. The summed E-state index contributed by atoms with van der Waals surface area (Å²) >= 11 is 1.36. The van der Waals surface area contributed by atoms with Crippen molar-refractivity contribution in [2.24, 2.45) is 7.05 Å². The van der Waals surface area contributed by atoms with Gasteiger partial charge >= 0.3 is 5.69 Å². The molecule has 0 aliphatic rings. The number of allylic oxidation sites excluding steroid dienone is 1. The third-order valence-electron chi connectivity index (χ3n) is 5.31. The van der Waals surface area contributed by atoms with Gasteiger partial charge in [0.05, 0.1) is 11.3 Å². The van der Waals surface area contributed by atoms with Crippen LogP contribution in [0.15, 0.2) is 51.7 Å². The molecule has 4 aromatic rings. The Balaban J connectivity index is 1.69. The van der Waals surface area contributed by atoms with Gasteiger partial charge in [-0.1, -0.05) is 43.3 Å². The molecule has 0 spiro atoms. The van der Waals surface area contributed by atoms with Gasteiger partial charge in [0.25, 0.3) is 5.56 Å². The van der Waals surface area contributed by atoms with Crippen molar-refractivity contribution in [3.8, 4) is 11.4 Å². The Bertz CT molecular complexity index is 1430. The molecule has 0 saturated carbocycles. The number of imidazole rings is 1. The number of hydrogen-bond donors (Lipinski definition) is 1. The van der Waals surface area contributed by atoms with Gasteiger partial charge in [-0.3, -0.25) is 18.9 Å². The van der Waals surface area contributed by atoms with Crippen LogP contribution in [0.5, 0.6) is 0 Å². The summed E-state index contributed by atoms with van der Waals surface area (Å²) in [5.41, 5.74) is 0.146. The van der Waals surface area contributed by atoms with Gasteiger partial charge in [0, 0.05) is 20.1 Å². The molecule has 172 valence electrons. The number of fused-ring (bicyclic) bond motifs is 1. The highest BCUT2D eigenvalue weighted by Crippen LogP contribution is 2.28. The molecule has 1 aromatic carbocycles. The number of H-pyrrole nitrogens is 1. The summed E-state index contributed by atoms with van der Waals surface area (Å²) in [5, 5.41) is 9.00. The van der Waals surface area contributed by atoms with E-state index in [1.807, 2.05) is 6.92 Å². The minimum absolute atomic E-state index is 0.348. The standard InChI is InChI=1S/C22H24FN7O2S/c1-4-6-12-29-19-17(20(31)25-21(29)32)28(3)16(24-19)13-33-22-27-26-18(30(22)11-5-2)14-9-7-8-10-15(14)23/h5,7-10H,2,4,6,11-13H2,1,3H3,(H,25,31,32). The van der Waals surface area contributed by atoms with Gasteiger partial charge in [0.2, 0.25) is 0 Å². The van der Waals surface area contributed by atoms with Crippen molar-refractivity contribution in [3.63, 3.8) is 0 Å². The Hall–Kier alpha value is -3.47. The molecule has 3 aromatic heterocycles. The maximum atomic E-state index is 14.3. The quantitative estimate of drug-likeness (QED) is 0.298. The van der Waals surface area contributed by atoms with Crippen LogP contribution in [0.2, 0.25) is 0 Å². The number of aromatic nitrogens is 7. The molecule has 0 amide bonds. The van der Waals surface area contributed by atoms with Crippen LogP contribution in [0.3, 0.4) is 0 Å². The van der Waals surface area contributed by atoms with E-state index >= 15 is 0 Å². The smallest absolute Gasteiger partial charge is 0.325 e. The maximum Gasteiger partial charge on any atom is 0.330 e. The van der Waals surface area contributed by atoms with Crippen molar-refractivity contribution < 1.29 is 4.39 Å². The minimum atomic E-state index is -0.467. The third kappa shape index (κ3) is 4.28. The monoisotopic (exact) mass is 469 g/mol. The zero-order chi connectivity index (χ0) is 23.5. The molecular formula is C22H24FN7O2S. The molecule has 0 unspecified atom stereocenters. The summed E-state index contributed by atoms with van der Waals surface area (Å²) in [6.07, 6.45) is 3.40. The number of nitrogens with one attached hydrogen (secondary N) is 1. The molecule has 1 N–H and O–H groups in total. The lowest BCUT2D eigenvalue weighted by molar-refractivity contribution is 0.613. The zero-order valence-electron chi connectivity index (χ0n) is 18.4. The summed E-state index contributed by atoms with van der Waals surface area (Å²) in [4.78, 5) is 31.8. The van der Waals surface area contributed by atoms with Crippen LogP contribution < -0.4 is 11.2 Å². The van der Waals surface area contributed by atoms with Crippen molar-refractivity contribution in [1.82, 2.24) is 33.9 Å². The van der Waals surface area contributed by atoms with Crippen molar-refractivity contribution in [1.29, 1.82) is 0 Å². The van der Waals surface area contributed by atoms with E-state index in [-0.39, 0.29) is 5.82 Å². The number of aromatic amines is 1. The van der Waals surface area contributed by atoms with Crippen LogP contribution in [0.4, 0.5) is 4.39 Å². The molecule has 0 saturated heterocycles. The van der Waals surface area contributed by atoms with Crippen molar-refractivity contribution in [3.05, 3.63) is 69.4 Å². The fraction of sp³-hybridized carbons (Fsp3) is 0.318. The topological polar surface area (TPSA) is 103 Å². The molecule has 0 aliphatic heterocycles. The highest BCUT2D eigenvalue weighted by atomic mass is 32.2. The molecule has 0 bridgehead atoms. The second-order valence-electron chi connectivity index (χ2n) is 7.50. The number of unbranched alkanes of at least 4 members (excludes halogenated alkanes) is 1. The average Bonchev–Trinajstić information content (AvgIpc) is 3.33. The number of nitrogens with zero attached hydrogens (tertiary/aromatic N) is 6. The van der Waals surface area contributed by atoms with Gasteiger partial charge in [0.15, 0.2) is 22.1 Å². The second-order valence-corrected chi connectivity index (χ2v) is 8.44. The SMILES string of the molecule is C=CCn1c(SCc2nc3c(c(=O)[nH]c(=O)n3CCCC)n2C)nnc1-c1ccccc1F. The van der Waals surface area contributed by atoms with Gasteiger partial charge in [-0.05, 0) is 18.6 Å². The Morgan fingerprint density at radius 1 is 1.21 bits per heavy atom. The number of halogens is 1. The van der Waals surface area contributed by atoms with Crippen LogP contribution in [-0.2, 0) is 25.9 Å². The first-order valence-corrected chi connectivity index (χ1v) is 11.5. The number of rotatable bonds is 9. The predicted octanol–water partition coefficient (Wildman–Crippen LogP) is 3.10. The largest absolute Gasteiger partial charge is 0.330 e. The predicted molar refractivity (Wildman–Crippen MR) is 126 cm³/mol. The molecule has 4 rings (SSSR count). The summed E-state index contributed by atoms with van der Waals surface area (Å²) < 4.78 is 19.3. The van der Waals surface area contributed by atoms with E-state index in [1.54, 1.807) is 40.5 Å². The first-order valence-electron chi connectivity index (χ1n) is 10.6. The molecule has 0 aliphatic carbocycles. The lowest BCUT2D eigenvalue weighted by Gasteiger charge is -2.08. The van der Waals surface area contributed by atoms with Crippen LogP contribution >= 0.6 is 11.8 Å². The van der Waals surface area contributed by atoms with E-state index in [9.17, 15) is 14.0 Å². The fourth-order valence-electron chi connectivity index (χ4n) is 3.60. The molecule has 0 fully saturated rings. The summed E-state index contributed by atoms with van der Waals surface area (Å²) in [6, 6.07) is 6.40. The Labute approximate surface area is 193 Å². The van der Waals surface area contributed by atoms with Crippen LogP contribution in [-0.4, -0.2) is 33.9 Å². The first-order chi connectivity index (χ1) is 16.0. The molecule has 0 atom stereocenters.